The van der Waals surface area contributed by atoms with Crippen molar-refractivity contribution in [3.8, 4) is 0 Å². The van der Waals surface area contributed by atoms with Gasteiger partial charge in [-0.05, 0) is 63.7 Å². The maximum Gasteiger partial charge on any atom is 0.222 e. The predicted octanol–water partition coefficient (Wildman–Crippen LogP) is 3.20. The van der Waals surface area contributed by atoms with Crippen molar-refractivity contribution in [2.75, 3.05) is 46.8 Å². The number of hydrogen-bond donors (Lipinski definition) is 0. The molecule has 1 aromatic heterocycles. The number of piperidine rings is 2. The van der Waals surface area contributed by atoms with Crippen molar-refractivity contribution in [2.24, 2.45) is 5.41 Å². The van der Waals surface area contributed by atoms with Gasteiger partial charge in [0.25, 0.3) is 0 Å². The zero-order valence-electron chi connectivity index (χ0n) is 16.6. The summed E-state index contributed by atoms with van der Waals surface area (Å²) in [5.74, 6) is 0.338. The summed E-state index contributed by atoms with van der Waals surface area (Å²) in [5.41, 5.74) is 2.58. The van der Waals surface area contributed by atoms with E-state index >= 15 is 0 Å². The van der Waals surface area contributed by atoms with Crippen LogP contribution in [0.15, 0.2) is 34.9 Å². The zero-order chi connectivity index (χ0) is 18.9. The predicted molar refractivity (Wildman–Crippen MR) is 108 cm³/mol. The minimum atomic E-state index is 0.276. The average molecular weight is 370 g/mol. The molecular formula is C22H31N3O2. The second-order valence-electron chi connectivity index (χ2n) is 8.73. The minimum absolute atomic E-state index is 0.276. The van der Waals surface area contributed by atoms with Gasteiger partial charge in [0.05, 0.1) is 6.26 Å². The van der Waals surface area contributed by atoms with Crippen LogP contribution in [0, 0.1) is 5.41 Å². The highest BCUT2D eigenvalue weighted by molar-refractivity contribution is 5.78. The molecule has 0 bridgehead atoms. The average Bonchev–Trinajstić information content (AvgIpc) is 3.11. The Kier molecular flexibility index (Phi) is 5.24. The summed E-state index contributed by atoms with van der Waals surface area (Å²) in [6, 6.07) is 8.54. The van der Waals surface area contributed by atoms with Crippen LogP contribution in [0.4, 0.5) is 0 Å². The van der Waals surface area contributed by atoms with E-state index in [0.29, 0.717) is 12.3 Å². The third-order valence-electron chi connectivity index (χ3n) is 6.23. The van der Waals surface area contributed by atoms with Gasteiger partial charge in [0.15, 0.2) is 0 Å². The fraction of sp³-hybridized carbons (Fsp3) is 0.591. The third-order valence-corrected chi connectivity index (χ3v) is 6.23. The lowest BCUT2D eigenvalue weighted by Gasteiger charge is -2.48. The quantitative estimate of drug-likeness (QED) is 0.811. The summed E-state index contributed by atoms with van der Waals surface area (Å²) in [6.07, 6.45) is 5.98. The van der Waals surface area contributed by atoms with E-state index in [2.05, 4.69) is 47.0 Å². The van der Waals surface area contributed by atoms with Crippen LogP contribution in [0.2, 0.25) is 0 Å². The van der Waals surface area contributed by atoms with Gasteiger partial charge in [-0.1, -0.05) is 6.07 Å². The monoisotopic (exact) mass is 369 g/mol. The van der Waals surface area contributed by atoms with Gasteiger partial charge in [0.2, 0.25) is 5.91 Å². The Morgan fingerprint density at radius 2 is 2.07 bits per heavy atom. The molecule has 0 saturated carbocycles. The molecule has 1 amide bonds. The molecule has 2 aliphatic rings. The lowest BCUT2D eigenvalue weighted by Crippen LogP contribution is -2.54. The Morgan fingerprint density at radius 1 is 1.19 bits per heavy atom. The van der Waals surface area contributed by atoms with Crippen molar-refractivity contribution in [1.82, 2.24) is 14.7 Å². The van der Waals surface area contributed by atoms with Gasteiger partial charge in [0.1, 0.15) is 5.58 Å². The summed E-state index contributed by atoms with van der Waals surface area (Å²) >= 11 is 0. The number of amides is 1. The smallest absolute Gasteiger partial charge is 0.222 e. The van der Waals surface area contributed by atoms with E-state index in [1.54, 1.807) is 6.26 Å². The van der Waals surface area contributed by atoms with Gasteiger partial charge < -0.3 is 14.2 Å². The van der Waals surface area contributed by atoms with Crippen molar-refractivity contribution in [3.63, 3.8) is 0 Å². The maximum atomic E-state index is 12.4. The van der Waals surface area contributed by atoms with Crippen LogP contribution in [0.1, 0.15) is 31.2 Å². The largest absolute Gasteiger partial charge is 0.464 e. The number of furan rings is 1. The molecule has 5 nitrogen and oxygen atoms in total. The van der Waals surface area contributed by atoms with Gasteiger partial charge in [-0.3, -0.25) is 9.69 Å². The molecule has 1 spiro atoms. The highest BCUT2D eigenvalue weighted by Gasteiger charge is 2.41. The van der Waals surface area contributed by atoms with E-state index in [1.807, 2.05) is 6.07 Å². The topological polar surface area (TPSA) is 39.9 Å². The number of likely N-dealkylation sites (N-methyl/N-ethyl adjacent to an activating group) is 1. The number of carbonyl (C=O) groups is 1. The molecule has 1 atom stereocenters. The normalized spacial score (nSPS) is 24.4. The maximum absolute atomic E-state index is 12.4. The summed E-state index contributed by atoms with van der Waals surface area (Å²) in [5, 5.41) is 1.18. The second-order valence-corrected chi connectivity index (χ2v) is 8.73. The Balaban J connectivity index is 1.42. The SMILES string of the molecule is CN(C)CCN1C[C@]2(CCCN(Cc3ccc4occc4c3)C2)CCC1=O. The number of carbonyl (C=O) groups excluding carboxylic acids is 1. The molecule has 2 fully saturated rings. The molecule has 0 aliphatic carbocycles. The first-order valence-electron chi connectivity index (χ1n) is 10.1. The van der Waals surface area contributed by atoms with Crippen LogP contribution < -0.4 is 0 Å². The van der Waals surface area contributed by atoms with Crippen molar-refractivity contribution >= 4 is 16.9 Å². The fourth-order valence-electron chi connectivity index (χ4n) is 4.78. The van der Waals surface area contributed by atoms with Crippen LogP contribution in [0.25, 0.3) is 11.0 Å². The third kappa shape index (κ3) is 4.19. The van der Waals surface area contributed by atoms with Gasteiger partial charge in [-0.25, -0.2) is 0 Å². The van der Waals surface area contributed by atoms with E-state index in [0.717, 1.165) is 51.3 Å². The molecule has 2 aromatic rings. The Hall–Kier alpha value is -1.85. The first-order chi connectivity index (χ1) is 13.0. The Bertz CT molecular complexity index is 800. The molecule has 5 heteroatoms. The number of rotatable bonds is 5. The Morgan fingerprint density at radius 3 is 2.93 bits per heavy atom. The van der Waals surface area contributed by atoms with Crippen molar-refractivity contribution in [3.05, 3.63) is 36.1 Å². The zero-order valence-corrected chi connectivity index (χ0v) is 16.6. The molecule has 4 rings (SSSR count). The van der Waals surface area contributed by atoms with E-state index in [1.165, 1.54) is 23.8 Å². The fourth-order valence-corrected chi connectivity index (χ4v) is 4.78. The lowest BCUT2D eigenvalue weighted by atomic mass is 9.73. The molecule has 1 aromatic carbocycles. The van der Waals surface area contributed by atoms with Gasteiger partial charge >= 0.3 is 0 Å². The van der Waals surface area contributed by atoms with Gasteiger partial charge in [-0.2, -0.15) is 0 Å². The summed E-state index contributed by atoms with van der Waals surface area (Å²) < 4.78 is 5.46. The number of nitrogens with zero attached hydrogens (tertiary/aromatic N) is 3. The van der Waals surface area contributed by atoms with E-state index < -0.39 is 0 Å². The van der Waals surface area contributed by atoms with Crippen LogP contribution in [-0.4, -0.2) is 67.4 Å². The molecule has 2 saturated heterocycles. The standard InChI is InChI=1S/C22H31N3O2/c1-23(2)11-12-25-17-22(9-6-21(25)26)8-3-10-24(16-22)15-18-4-5-20-19(14-18)7-13-27-20/h4-5,7,13-14H,3,6,8-12,15-17H2,1-2H3/t22-/m1/s1. The molecule has 3 heterocycles. The van der Waals surface area contributed by atoms with E-state index in [-0.39, 0.29) is 5.41 Å². The summed E-state index contributed by atoms with van der Waals surface area (Å²) in [4.78, 5) is 19.3. The first-order valence-corrected chi connectivity index (χ1v) is 10.1. The molecule has 0 N–H and O–H groups in total. The molecular weight excluding hydrogens is 338 g/mol. The molecule has 146 valence electrons. The van der Waals surface area contributed by atoms with Gasteiger partial charge in [-0.15, -0.1) is 0 Å². The van der Waals surface area contributed by atoms with Crippen molar-refractivity contribution < 1.29 is 9.21 Å². The summed E-state index contributed by atoms with van der Waals surface area (Å²) in [7, 11) is 4.15. The van der Waals surface area contributed by atoms with E-state index in [9.17, 15) is 4.79 Å². The molecule has 0 radical (unpaired) electrons. The number of hydrogen-bond acceptors (Lipinski definition) is 4. The molecule has 27 heavy (non-hydrogen) atoms. The van der Waals surface area contributed by atoms with Crippen LogP contribution >= 0.6 is 0 Å². The lowest BCUT2D eigenvalue weighted by molar-refractivity contribution is -0.139. The van der Waals surface area contributed by atoms with Crippen molar-refractivity contribution in [2.45, 2.75) is 32.2 Å². The highest BCUT2D eigenvalue weighted by atomic mass is 16.3. The van der Waals surface area contributed by atoms with Crippen LogP contribution in [0.3, 0.4) is 0 Å². The number of benzene rings is 1. The highest BCUT2D eigenvalue weighted by Crippen LogP contribution is 2.39. The van der Waals surface area contributed by atoms with E-state index in [4.69, 9.17) is 4.42 Å². The van der Waals surface area contributed by atoms with Crippen molar-refractivity contribution in [1.29, 1.82) is 0 Å². The van der Waals surface area contributed by atoms with Crippen LogP contribution in [-0.2, 0) is 11.3 Å². The molecule has 2 aliphatic heterocycles. The summed E-state index contributed by atoms with van der Waals surface area (Å²) in [6.45, 7) is 5.95. The number of likely N-dealkylation sites (tertiary alicyclic amines) is 2. The first kappa shape index (κ1) is 18.5. The minimum Gasteiger partial charge on any atom is -0.464 e. The number of fused-ring (bicyclic) bond motifs is 1. The van der Waals surface area contributed by atoms with Crippen LogP contribution in [0.5, 0.6) is 0 Å². The Labute approximate surface area is 161 Å². The van der Waals surface area contributed by atoms with Gasteiger partial charge in [0, 0.05) is 49.9 Å². The molecule has 0 unspecified atom stereocenters. The second kappa shape index (κ2) is 7.64.